The smallest absolute Gasteiger partial charge is 0.301 e. The molecule has 0 bridgehead atoms. The molecule has 2 aliphatic rings. The average Bonchev–Trinajstić information content (AvgIpc) is 3.52. The number of hydrogen-bond donors (Lipinski definition) is 1. The number of ketones is 1. The van der Waals surface area contributed by atoms with E-state index in [0.29, 0.717) is 10.7 Å². The summed E-state index contributed by atoms with van der Waals surface area (Å²) in [4.78, 5) is 33.1. The molecule has 1 fully saturated rings. The Morgan fingerprint density at radius 2 is 1.86 bits per heavy atom. The number of nitrogens with zero attached hydrogens (tertiary/aromatic N) is 2. The number of ether oxygens (including phenoxy) is 1. The van der Waals surface area contributed by atoms with Crippen LogP contribution in [0, 0.1) is 13.8 Å². The fourth-order valence-corrected chi connectivity index (χ4v) is 6.34. The minimum Gasteiger partial charge on any atom is -0.507 e. The van der Waals surface area contributed by atoms with Crippen molar-refractivity contribution in [2.24, 2.45) is 0 Å². The Hall–Kier alpha value is -3.97. The second kappa shape index (κ2) is 8.31. The van der Waals surface area contributed by atoms with Crippen molar-refractivity contribution in [3.63, 3.8) is 0 Å². The van der Waals surface area contributed by atoms with Crippen LogP contribution in [0.5, 0.6) is 5.75 Å². The molecular weight excluding hydrogens is 472 g/mol. The fraction of sp³-hybridized carbons (Fsp3) is 0.207. The summed E-state index contributed by atoms with van der Waals surface area (Å²) in [6.07, 6.45) is 0.774. The van der Waals surface area contributed by atoms with Crippen molar-refractivity contribution in [3.05, 3.63) is 94.1 Å². The van der Waals surface area contributed by atoms with Crippen LogP contribution in [0.4, 0.5) is 5.13 Å². The molecule has 2 atom stereocenters. The third-order valence-corrected chi connectivity index (χ3v) is 7.76. The zero-order valence-corrected chi connectivity index (χ0v) is 20.9. The number of anilines is 1. The van der Waals surface area contributed by atoms with Gasteiger partial charge in [0, 0.05) is 12.0 Å². The van der Waals surface area contributed by atoms with Gasteiger partial charge in [0.2, 0.25) is 0 Å². The molecule has 7 heteroatoms. The van der Waals surface area contributed by atoms with Crippen molar-refractivity contribution < 1.29 is 19.4 Å². The Labute approximate surface area is 212 Å². The van der Waals surface area contributed by atoms with E-state index in [2.05, 4.69) is 0 Å². The number of Topliss-reactive ketones (excluding diaryl/α,β-unsaturated/α-hetero) is 1. The third-order valence-electron chi connectivity index (χ3n) is 6.75. The van der Waals surface area contributed by atoms with Crippen molar-refractivity contribution in [1.29, 1.82) is 0 Å². The van der Waals surface area contributed by atoms with Gasteiger partial charge >= 0.3 is 5.91 Å². The molecule has 0 saturated carbocycles. The Kier molecular flexibility index (Phi) is 5.19. The van der Waals surface area contributed by atoms with Crippen LogP contribution in [0.1, 0.15) is 40.8 Å². The lowest BCUT2D eigenvalue weighted by Gasteiger charge is -2.23. The summed E-state index contributed by atoms with van der Waals surface area (Å²) in [7, 11) is 0. The molecule has 4 aromatic rings. The molecule has 0 radical (unpaired) electrons. The molecule has 36 heavy (non-hydrogen) atoms. The van der Waals surface area contributed by atoms with E-state index in [4.69, 9.17) is 9.72 Å². The number of amides is 1. The molecule has 1 aromatic heterocycles. The number of thiazole rings is 1. The number of aromatic nitrogens is 1. The van der Waals surface area contributed by atoms with E-state index in [-0.39, 0.29) is 17.4 Å². The van der Waals surface area contributed by atoms with E-state index in [9.17, 15) is 14.7 Å². The van der Waals surface area contributed by atoms with Gasteiger partial charge in [-0.15, -0.1) is 0 Å². The number of hydrogen-bond acceptors (Lipinski definition) is 6. The normalized spacial score (nSPS) is 20.7. The van der Waals surface area contributed by atoms with Gasteiger partial charge in [0.25, 0.3) is 5.78 Å². The first-order valence-corrected chi connectivity index (χ1v) is 12.7. The number of aliphatic hydroxyl groups excluding tert-OH is 1. The Morgan fingerprint density at radius 1 is 1.08 bits per heavy atom. The number of benzene rings is 3. The van der Waals surface area contributed by atoms with Crippen LogP contribution in [-0.2, 0) is 16.0 Å². The van der Waals surface area contributed by atoms with Gasteiger partial charge in [0.1, 0.15) is 17.6 Å². The van der Waals surface area contributed by atoms with E-state index in [1.54, 1.807) is 12.1 Å². The first kappa shape index (κ1) is 22.5. The molecule has 180 valence electrons. The van der Waals surface area contributed by atoms with Crippen LogP contribution >= 0.6 is 11.3 Å². The highest BCUT2D eigenvalue weighted by molar-refractivity contribution is 7.22. The standard InChI is InChI=1S/C29H24N2O4S/c1-15-11-16(2)24-22(12-15)36-29(30-24)31-25(18-7-5-4-6-8-18)23(27(33)28(31)34)26(32)19-9-10-21-20(14-19)13-17(3)35-21/h4-12,14,17,25,32H,13H2,1-3H3/t17-,25+/m0/s1. The van der Waals surface area contributed by atoms with Crippen LogP contribution in [0.15, 0.2) is 66.2 Å². The van der Waals surface area contributed by atoms with Gasteiger partial charge in [0.15, 0.2) is 5.13 Å². The SMILES string of the molecule is Cc1cc(C)c2nc(N3C(=O)C(=O)C(=C(O)c4ccc5c(c4)C[C@H](C)O5)[C@H]3c3ccccc3)sc2c1. The first-order chi connectivity index (χ1) is 17.3. The van der Waals surface area contributed by atoms with Crippen molar-refractivity contribution >= 4 is 44.1 Å². The molecule has 1 N–H and O–H groups in total. The summed E-state index contributed by atoms with van der Waals surface area (Å²) in [6, 6.07) is 18.0. The van der Waals surface area contributed by atoms with Crippen molar-refractivity contribution in [1.82, 2.24) is 4.98 Å². The van der Waals surface area contributed by atoms with Gasteiger partial charge < -0.3 is 9.84 Å². The predicted octanol–water partition coefficient (Wildman–Crippen LogP) is 5.86. The lowest BCUT2D eigenvalue weighted by atomic mass is 9.94. The molecular formula is C29H24N2O4S. The topological polar surface area (TPSA) is 79.7 Å². The summed E-state index contributed by atoms with van der Waals surface area (Å²) in [6.45, 7) is 5.99. The van der Waals surface area contributed by atoms with Crippen molar-refractivity contribution in [2.45, 2.75) is 39.3 Å². The van der Waals surface area contributed by atoms with Crippen LogP contribution in [0.2, 0.25) is 0 Å². The van der Waals surface area contributed by atoms with Crippen LogP contribution in [0.3, 0.4) is 0 Å². The number of carbonyl (C=O) groups is 2. The van der Waals surface area contributed by atoms with E-state index in [1.807, 2.05) is 69.3 Å². The molecule has 6 rings (SSSR count). The average molecular weight is 497 g/mol. The van der Waals surface area contributed by atoms with Gasteiger partial charge in [-0.2, -0.15) is 0 Å². The summed E-state index contributed by atoms with van der Waals surface area (Å²) in [5, 5.41) is 11.9. The summed E-state index contributed by atoms with van der Waals surface area (Å²) < 4.78 is 6.73. The zero-order chi connectivity index (χ0) is 25.1. The highest BCUT2D eigenvalue weighted by Gasteiger charge is 2.48. The van der Waals surface area contributed by atoms with Gasteiger partial charge in [0.05, 0.1) is 21.8 Å². The summed E-state index contributed by atoms with van der Waals surface area (Å²) in [5.74, 6) is -0.838. The predicted molar refractivity (Wildman–Crippen MR) is 141 cm³/mol. The zero-order valence-electron chi connectivity index (χ0n) is 20.1. The molecule has 1 saturated heterocycles. The monoisotopic (exact) mass is 496 g/mol. The molecule has 1 amide bonds. The van der Waals surface area contributed by atoms with E-state index in [0.717, 1.165) is 44.6 Å². The molecule has 3 heterocycles. The molecule has 6 nitrogen and oxygen atoms in total. The highest BCUT2D eigenvalue weighted by Crippen LogP contribution is 2.45. The second-order valence-corrected chi connectivity index (χ2v) is 10.5. The summed E-state index contributed by atoms with van der Waals surface area (Å²) in [5.41, 5.74) is 5.16. The largest absolute Gasteiger partial charge is 0.507 e. The van der Waals surface area contributed by atoms with Gasteiger partial charge in [-0.25, -0.2) is 4.98 Å². The molecule has 0 aliphatic carbocycles. The number of aryl methyl sites for hydroxylation is 2. The van der Waals surface area contributed by atoms with E-state index >= 15 is 0 Å². The molecule has 3 aromatic carbocycles. The minimum absolute atomic E-state index is 0.0541. The molecule has 2 aliphatic heterocycles. The fourth-order valence-electron chi connectivity index (χ4n) is 5.17. The summed E-state index contributed by atoms with van der Waals surface area (Å²) >= 11 is 1.37. The van der Waals surface area contributed by atoms with Crippen LogP contribution < -0.4 is 9.64 Å². The third kappa shape index (κ3) is 3.50. The Balaban J connectivity index is 1.54. The molecule has 0 spiro atoms. The van der Waals surface area contributed by atoms with Crippen molar-refractivity contribution in [2.75, 3.05) is 4.90 Å². The lowest BCUT2D eigenvalue weighted by Crippen LogP contribution is -2.29. The highest BCUT2D eigenvalue weighted by atomic mass is 32.1. The van der Waals surface area contributed by atoms with Crippen LogP contribution in [0.25, 0.3) is 16.0 Å². The number of carbonyl (C=O) groups excluding carboxylic acids is 2. The quantitative estimate of drug-likeness (QED) is 0.218. The maximum atomic E-state index is 13.5. The maximum Gasteiger partial charge on any atom is 0.301 e. The Morgan fingerprint density at radius 3 is 2.64 bits per heavy atom. The maximum absolute atomic E-state index is 13.5. The molecule has 0 unspecified atom stereocenters. The number of fused-ring (bicyclic) bond motifs is 2. The van der Waals surface area contributed by atoms with E-state index in [1.165, 1.54) is 16.2 Å². The lowest BCUT2D eigenvalue weighted by molar-refractivity contribution is -0.132. The Bertz CT molecular complexity index is 1590. The van der Waals surface area contributed by atoms with Gasteiger partial charge in [-0.3, -0.25) is 14.5 Å². The number of aliphatic hydroxyl groups is 1. The van der Waals surface area contributed by atoms with Gasteiger partial charge in [-0.1, -0.05) is 47.7 Å². The second-order valence-electron chi connectivity index (χ2n) is 9.46. The van der Waals surface area contributed by atoms with Crippen molar-refractivity contribution in [3.8, 4) is 5.75 Å². The number of rotatable bonds is 3. The first-order valence-electron chi connectivity index (χ1n) is 11.9. The van der Waals surface area contributed by atoms with E-state index < -0.39 is 17.7 Å². The van der Waals surface area contributed by atoms with Crippen LogP contribution in [-0.4, -0.2) is 27.9 Å². The van der Waals surface area contributed by atoms with Gasteiger partial charge in [-0.05, 0) is 67.3 Å². The minimum atomic E-state index is -0.795.